The molecule has 0 amide bonds. The molecule has 6 heteroatoms. The minimum atomic E-state index is 0. The number of rotatable bonds is 0. The summed E-state index contributed by atoms with van der Waals surface area (Å²) >= 11 is 0. The summed E-state index contributed by atoms with van der Waals surface area (Å²) in [5.74, 6) is 0. The van der Waals surface area contributed by atoms with Crippen LogP contribution in [0.2, 0.25) is 0 Å². The zero-order valence-corrected chi connectivity index (χ0v) is 8.04. The van der Waals surface area contributed by atoms with E-state index in [1.165, 1.54) is 0 Å². The van der Waals surface area contributed by atoms with Gasteiger partial charge in [-0.2, -0.15) is 0 Å². The van der Waals surface area contributed by atoms with Crippen molar-refractivity contribution in [2.24, 2.45) is 0 Å². The molecule has 0 N–H and O–H groups in total. The molecule has 0 bridgehead atoms. The van der Waals surface area contributed by atoms with Crippen LogP contribution in [0.15, 0.2) is 0 Å². The van der Waals surface area contributed by atoms with Crippen molar-refractivity contribution in [2.75, 3.05) is 0 Å². The van der Waals surface area contributed by atoms with Crippen LogP contribution in [0.4, 0.5) is 0 Å². The molecular weight excluding hydrogens is 409 g/mol. The molecule has 0 unspecified atom stereocenters. The topological polar surface area (TPSA) is 95.2 Å². The van der Waals surface area contributed by atoms with Gasteiger partial charge in [0.15, 0.2) is 0 Å². The summed E-state index contributed by atoms with van der Waals surface area (Å²) < 4.78 is 0. The Balaban J connectivity index is -0.00000000500. The molecule has 0 heterocycles. The van der Waals surface area contributed by atoms with Crippen molar-refractivity contribution in [1.29, 1.82) is 21.0 Å². The van der Waals surface area contributed by atoms with Crippen molar-refractivity contribution in [3.05, 3.63) is 26.3 Å². The molecule has 0 fully saturated rings. The van der Waals surface area contributed by atoms with Crippen LogP contribution in [-0.2, 0) is 44.8 Å². The quantitative estimate of drug-likeness (QED) is 0.427. The van der Waals surface area contributed by atoms with Crippen LogP contribution in [0.3, 0.4) is 0 Å². The first kappa shape index (κ1) is 56.8. The van der Waals surface area contributed by atoms with Gasteiger partial charge in [-0.05, 0) is 0 Å². The van der Waals surface area contributed by atoms with Crippen molar-refractivity contribution in [2.45, 2.75) is 0 Å². The monoisotopic (exact) mass is 408 g/mol. The van der Waals surface area contributed by atoms with Gasteiger partial charge in [-0.1, -0.05) is 0 Å². The Morgan fingerprint density at radius 2 is 0.500 bits per heavy atom. The molecule has 0 saturated heterocycles. The summed E-state index contributed by atoms with van der Waals surface area (Å²) in [4.78, 5) is 0. The summed E-state index contributed by atoms with van der Waals surface area (Å²) in [7, 11) is 0. The first-order valence-electron chi connectivity index (χ1n) is 0.894. The van der Waals surface area contributed by atoms with Gasteiger partial charge in [-0.25, -0.2) is 0 Å². The summed E-state index contributed by atoms with van der Waals surface area (Å²) in [5, 5.41) is 25.0. The van der Waals surface area contributed by atoms with E-state index in [1.807, 2.05) is 0 Å². The van der Waals surface area contributed by atoms with Crippen LogP contribution in [-0.4, -0.2) is 0 Å². The van der Waals surface area contributed by atoms with Crippen LogP contribution >= 0.6 is 0 Å². The van der Waals surface area contributed by atoms with Crippen molar-refractivity contribution >= 4 is 0 Å². The van der Waals surface area contributed by atoms with Gasteiger partial charge >= 0.3 is 44.8 Å². The Labute approximate surface area is 91.7 Å². The molecule has 10 heavy (non-hydrogen) atoms. The fourth-order valence-electron chi connectivity index (χ4n) is 0. The van der Waals surface area contributed by atoms with Gasteiger partial charge in [-0.15, -0.1) is 0 Å². The van der Waals surface area contributed by atoms with Crippen LogP contribution in [0.1, 0.15) is 0 Å². The number of hydrogen-bond donors (Lipinski definition) is 0. The minimum Gasteiger partial charge on any atom is -0.512 e. The van der Waals surface area contributed by atoms with E-state index in [1.54, 1.807) is 0 Å². The Morgan fingerprint density at radius 3 is 0.500 bits per heavy atom. The van der Waals surface area contributed by atoms with E-state index in [9.17, 15) is 0 Å². The predicted octanol–water partition coefficient (Wildman–Crippen LogP) is 0.380. The Bertz CT molecular complexity index is 60.2. The van der Waals surface area contributed by atoms with Crippen molar-refractivity contribution in [3.8, 4) is 0 Å². The van der Waals surface area contributed by atoms with Gasteiger partial charge in [0.25, 0.3) is 0 Å². The van der Waals surface area contributed by atoms with E-state index in [4.69, 9.17) is 47.3 Å². The Morgan fingerprint density at radius 1 is 0.500 bits per heavy atom. The van der Waals surface area contributed by atoms with Gasteiger partial charge in [0.05, 0.1) is 0 Å². The standard InChI is InChI=1S/4CN.Ag.Au/c4*1-2;;/q4*-1;+1;+3. The average molecular weight is 409 g/mol. The minimum absolute atomic E-state index is 0. The van der Waals surface area contributed by atoms with Gasteiger partial charge in [0.1, 0.15) is 0 Å². The largest absolute Gasteiger partial charge is 3.00 e. The van der Waals surface area contributed by atoms with Crippen LogP contribution in [0.5, 0.6) is 0 Å². The summed E-state index contributed by atoms with van der Waals surface area (Å²) in [5.41, 5.74) is 0. The zero-order chi connectivity index (χ0) is 8.00. The van der Waals surface area contributed by atoms with Crippen molar-refractivity contribution < 1.29 is 44.8 Å². The van der Waals surface area contributed by atoms with Crippen LogP contribution < -0.4 is 0 Å². The van der Waals surface area contributed by atoms with Crippen molar-refractivity contribution in [3.63, 3.8) is 0 Å². The van der Waals surface area contributed by atoms with Crippen LogP contribution in [0, 0.1) is 47.3 Å². The molecule has 0 atom stereocenters. The van der Waals surface area contributed by atoms with E-state index >= 15 is 0 Å². The summed E-state index contributed by atoms with van der Waals surface area (Å²) in [6.45, 7) is 19.0. The van der Waals surface area contributed by atoms with Crippen LogP contribution in [0.25, 0.3) is 0 Å². The predicted molar refractivity (Wildman–Crippen MR) is 19.9 cm³/mol. The molecule has 0 aromatic rings. The molecule has 0 saturated carbocycles. The number of hydrogen-bond acceptors (Lipinski definition) is 4. The smallest absolute Gasteiger partial charge is 0.512 e. The molecule has 0 aliphatic rings. The third-order valence-corrected chi connectivity index (χ3v) is 0. The second-order valence-corrected chi connectivity index (χ2v) is 0. The first-order chi connectivity index (χ1) is 4.00. The third kappa shape index (κ3) is 986. The van der Waals surface area contributed by atoms with Gasteiger partial charge in [-0.3, -0.25) is 0 Å². The molecule has 0 spiro atoms. The van der Waals surface area contributed by atoms with E-state index in [2.05, 4.69) is 0 Å². The third-order valence-electron chi connectivity index (χ3n) is 0. The molecule has 4 nitrogen and oxygen atoms in total. The molecule has 0 rings (SSSR count). The fourth-order valence-corrected chi connectivity index (χ4v) is 0. The van der Waals surface area contributed by atoms with E-state index in [0.717, 1.165) is 0 Å². The molecule has 0 aromatic carbocycles. The maximum Gasteiger partial charge on any atom is 3.00 e. The van der Waals surface area contributed by atoms with E-state index in [-0.39, 0.29) is 44.8 Å². The van der Waals surface area contributed by atoms with Gasteiger partial charge < -0.3 is 47.3 Å². The molecule has 0 aromatic heterocycles. The molecule has 0 aliphatic heterocycles. The summed E-state index contributed by atoms with van der Waals surface area (Å²) in [6.07, 6.45) is 0. The SMILES string of the molecule is [Ag+].[Au+3].[C-]#N.[C-]#N.[C-]#N.[C-]#N. The molecule has 0 aliphatic carbocycles. The average Bonchev–Trinajstić information content (AvgIpc) is 2.03. The molecule has 58 valence electrons. The second-order valence-electron chi connectivity index (χ2n) is 0. The van der Waals surface area contributed by atoms with E-state index in [0.29, 0.717) is 0 Å². The summed E-state index contributed by atoms with van der Waals surface area (Å²) in [6, 6.07) is 0. The van der Waals surface area contributed by atoms with E-state index < -0.39 is 0 Å². The second kappa shape index (κ2) is 1490. The molecular formula is C4AgAuN4. The fraction of sp³-hybridized carbons (Fsp3) is 0. The molecule has 0 radical (unpaired) electrons. The Kier molecular flexibility index (Phi) is 8480. The maximum absolute atomic E-state index is 6.25. The Hall–Kier alpha value is -0.559. The van der Waals surface area contributed by atoms with Gasteiger partial charge in [0.2, 0.25) is 0 Å². The maximum atomic E-state index is 6.25. The first-order valence-corrected chi connectivity index (χ1v) is 0.894. The van der Waals surface area contributed by atoms with Gasteiger partial charge in [0, 0.05) is 0 Å². The normalized spacial score (nSPS) is 0.800. The number of nitrogens with zero attached hydrogens (tertiary/aromatic N) is 4. The van der Waals surface area contributed by atoms with Crippen molar-refractivity contribution in [1.82, 2.24) is 0 Å². The zero-order valence-electron chi connectivity index (χ0n) is 4.39.